The van der Waals surface area contributed by atoms with E-state index in [2.05, 4.69) is 5.32 Å². The normalized spacial score (nSPS) is 15.7. The molecule has 1 N–H and O–H groups in total. The van der Waals surface area contributed by atoms with Gasteiger partial charge in [-0.3, -0.25) is 9.59 Å². The van der Waals surface area contributed by atoms with E-state index in [4.69, 9.17) is 4.84 Å². The molecule has 6 nitrogen and oxygen atoms in total. The molecule has 2 aromatic rings. The van der Waals surface area contributed by atoms with Gasteiger partial charge in [-0.25, -0.2) is 4.79 Å². The van der Waals surface area contributed by atoms with Crippen LogP contribution in [0.1, 0.15) is 31.2 Å². The summed E-state index contributed by atoms with van der Waals surface area (Å²) < 4.78 is 0. The number of benzene rings is 2. The smallest absolute Gasteiger partial charge is 0.340 e. The molecular weight excluding hydrogens is 308 g/mol. The maximum Gasteiger partial charge on any atom is 0.340 e. The Kier molecular flexibility index (Phi) is 4.20. The molecule has 0 saturated carbocycles. The lowest BCUT2D eigenvalue weighted by Gasteiger charge is -2.17. The van der Waals surface area contributed by atoms with Crippen molar-refractivity contribution < 1.29 is 19.2 Å². The number of anilines is 1. The summed E-state index contributed by atoms with van der Waals surface area (Å²) in [6, 6.07) is 11.6. The summed E-state index contributed by atoms with van der Waals surface area (Å²) in [6.07, 6.45) is 0.175. The molecule has 1 aliphatic heterocycles. The molecule has 2 amide bonds. The molecule has 0 unspecified atom stereocenters. The molecular formula is C18H18N2O4. The predicted octanol–water partition coefficient (Wildman–Crippen LogP) is 2.59. The highest BCUT2D eigenvalue weighted by molar-refractivity contribution is 6.01. The number of hydrogen-bond acceptors (Lipinski definition) is 5. The van der Waals surface area contributed by atoms with Gasteiger partial charge < -0.3 is 10.2 Å². The summed E-state index contributed by atoms with van der Waals surface area (Å²) in [4.78, 5) is 40.3. The summed E-state index contributed by atoms with van der Waals surface area (Å²) in [5, 5.41) is 5.71. The van der Waals surface area contributed by atoms with Crippen molar-refractivity contribution in [1.29, 1.82) is 0 Å². The van der Waals surface area contributed by atoms with Crippen LogP contribution in [0, 0.1) is 0 Å². The van der Waals surface area contributed by atoms with Crippen molar-refractivity contribution >= 4 is 34.2 Å². The molecule has 0 bridgehead atoms. The van der Waals surface area contributed by atoms with E-state index < -0.39 is 23.7 Å². The molecule has 1 saturated heterocycles. The Bertz CT molecular complexity index is 815. The number of imide groups is 1. The van der Waals surface area contributed by atoms with E-state index in [9.17, 15) is 14.4 Å². The van der Waals surface area contributed by atoms with Gasteiger partial charge in [0.1, 0.15) is 0 Å². The van der Waals surface area contributed by atoms with Crippen LogP contribution in [-0.4, -0.2) is 29.9 Å². The first kappa shape index (κ1) is 16.0. The van der Waals surface area contributed by atoms with Crippen LogP contribution < -0.4 is 5.32 Å². The van der Waals surface area contributed by atoms with Gasteiger partial charge in [0.05, 0.1) is 5.92 Å². The molecule has 0 radical (unpaired) electrons. The number of nitrogens with one attached hydrogen (secondary N) is 1. The molecule has 1 heterocycles. The van der Waals surface area contributed by atoms with E-state index in [1.165, 1.54) is 0 Å². The van der Waals surface area contributed by atoms with Gasteiger partial charge in [0, 0.05) is 25.6 Å². The molecule has 3 rings (SSSR count). The van der Waals surface area contributed by atoms with E-state index >= 15 is 0 Å². The van der Waals surface area contributed by atoms with Crippen LogP contribution in [0.2, 0.25) is 0 Å². The quantitative estimate of drug-likeness (QED) is 0.874. The average molecular weight is 326 g/mol. The van der Waals surface area contributed by atoms with Crippen LogP contribution in [0.15, 0.2) is 36.4 Å². The molecule has 124 valence electrons. The highest BCUT2D eigenvalue weighted by Gasteiger charge is 2.34. The van der Waals surface area contributed by atoms with E-state index in [1.54, 1.807) is 6.92 Å². The first-order chi connectivity index (χ1) is 11.5. The van der Waals surface area contributed by atoms with Gasteiger partial charge in [-0.1, -0.05) is 24.3 Å². The van der Waals surface area contributed by atoms with Crippen LogP contribution in [0.5, 0.6) is 0 Å². The Morgan fingerprint density at radius 1 is 1.08 bits per heavy atom. The van der Waals surface area contributed by atoms with Crippen LogP contribution in [0.4, 0.5) is 5.69 Å². The van der Waals surface area contributed by atoms with E-state index in [0.717, 1.165) is 22.0 Å². The number of amides is 2. The largest absolute Gasteiger partial charge is 0.388 e. The Labute approximate surface area is 139 Å². The van der Waals surface area contributed by atoms with Gasteiger partial charge in [-0.2, -0.15) is 0 Å². The standard InChI is InChI=1S/C18H18N2O4/c1-11(18(23)24-20-16(21)7-8-17(20)22)12-3-4-14-10-15(19-2)6-5-13(14)9-12/h3-6,9-11,19H,7-8H2,1-2H3/t11-/m0/s1. The Hall–Kier alpha value is -2.89. The topological polar surface area (TPSA) is 75.7 Å². The van der Waals surface area contributed by atoms with Crippen LogP contribution in [0.3, 0.4) is 0 Å². The van der Waals surface area contributed by atoms with Crippen molar-refractivity contribution in [1.82, 2.24) is 5.06 Å². The van der Waals surface area contributed by atoms with Crippen molar-refractivity contribution in [3.05, 3.63) is 42.0 Å². The van der Waals surface area contributed by atoms with E-state index in [-0.39, 0.29) is 12.8 Å². The van der Waals surface area contributed by atoms with E-state index in [0.29, 0.717) is 5.06 Å². The number of rotatable bonds is 4. The fourth-order valence-corrected chi connectivity index (χ4v) is 2.65. The van der Waals surface area contributed by atoms with Crippen molar-refractivity contribution in [2.24, 2.45) is 0 Å². The molecule has 0 aromatic heterocycles. The minimum Gasteiger partial charge on any atom is -0.388 e. The lowest BCUT2D eigenvalue weighted by Crippen LogP contribution is -2.33. The number of carbonyl (C=O) groups is 3. The second-order valence-electron chi connectivity index (χ2n) is 5.79. The van der Waals surface area contributed by atoms with Gasteiger partial charge in [0.25, 0.3) is 11.8 Å². The molecule has 1 atom stereocenters. The number of hydrogen-bond donors (Lipinski definition) is 1. The van der Waals surface area contributed by atoms with Crippen molar-refractivity contribution in [3.8, 4) is 0 Å². The zero-order chi connectivity index (χ0) is 17.3. The molecule has 1 aliphatic rings. The highest BCUT2D eigenvalue weighted by atomic mass is 16.7. The fourth-order valence-electron chi connectivity index (χ4n) is 2.65. The van der Waals surface area contributed by atoms with E-state index in [1.807, 2.05) is 43.4 Å². The summed E-state index contributed by atoms with van der Waals surface area (Å²) in [5.41, 5.74) is 1.78. The molecule has 6 heteroatoms. The van der Waals surface area contributed by atoms with Gasteiger partial charge in [-0.15, -0.1) is 5.06 Å². The van der Waals surface area contributed by atoms with Crippen molar-refractivity contribution in [2.45, 2.75) is 25.7 Å². The lowest BCUT2D eigenvalue weighted by molar-refractivity contribution is -0.198. The first-order valence-electron chi connectivity index (χ1n) is 7.78. The van der Waals surface area contributed by atoms with Crippen molar-refractivity contribution in [3.63, 3.8) is 0 Å². The van der Waals surface area contributed by atoms with Gasteiger partial charge in [-0.05, 0) is 35.4 Å². The number of nitrogens with zero attached hydrogens (tertiary/aromatic N) is 1. The second kappa shape index (κ2) is 6.31. The number of hydroxylamine groups is 2. The first-order valence-corrected chi connectivity index (χ1v) is 7.78. The molecule has 0 aliphatic carbocycles. The van der Waals surface area contributed by atoms with Gasteiger partial charge in [0.2, 0.25) is 0 Å². The maximum absolute atomic E-state index is 12.2. The monoisotopic (exact) mass is 326 g/mol. The highest BCUT2D eigenvalue weighted by Crippen LogP contribution is 2.25. The van der Waals surface area contributed by atoms with Crippen molar-refractivity contribution in [2.75, 3.05) is 12.4 Å². The SMILES string of the molecule is CNc1ccc2cc([C@H](C)C(=O)ON3C(=O)CCC3=O)ccc2c1. The average Bonchev–Trinajstić information content (AvgIpc) is 2.92. The van der Waals surface area contributed by atoms with Crippen LogP contribution >= 0.6 is 0 Å². The lowest BCUT2D eigenvalue weighted by atomic mass is 9.98. The zero-order valence-electron chi connectivity index (χ0n) is 13.5. The minimum absolute atomic E-state index is 0.0876. The number of fused-ring (bicyclic) bond motifs is 1. The Balaban J connectivity index is 1.80. The number of carbonyl (C=O) groups excluding carboxylic acids is 3. The third-order valence-electron chi connectivity index (χ3n) is 4.19. The molecule has 1 fully saturated rings. The second-order valence-corrected chi connectivity index (χ2v) is 5.79. The van der Waals surface area contributed by atoms with Gasteiger partial charge in [0.15, 0.2) is 0 Å². The van der Waals surface area contributed by atoms with Crippen LogP contribution in [-0.2, 0) is 19.2 Å². The minimum atomic E-state index is -0.621. The fraction of sp³-hybridized carbons (Fsp3) is 0.278. The zero-order valence-corrected chi connectivity index (χ0v) is 13.5. The Morgan fingerprint density at radius 2 is 1.71 bits per heavy atom. The third-order valence-corrected chi connectivity index (χ3v) is 4.19. The maximum atomic E-state index is 12.2. The summed E-state index contributed by atoms with van der Waals surface area (Å²) in [6.45, 7) is 1.69. The molecule has 24 heavy (non-hydrogen) atoms. The summed E-state index contributed by atoms with van der Waals surface area (Å²) in [7, 11) is 1.86. The summed E-state index contributed by atoms with van der Waals surface area (Å²) in [5.74, 6) is -2.15. The summed E-state index contributed by atoms with van der Waals surface area (Å²) >= 11 is 0. The predicted molar refractivity (Wildman–Crippen MR) is 89.1 cm³/mol. The molecule has 2 aromatic carbocycles. The molecule has 0 spiro atoms. The third kappa shape index (κ3) is 2.95. The van der Waals surface area contributed by atoms with Gasteiger partial charge >= 0.3 is 5.97 Å². The van der Waals surface area contributed by atoms with Crippen LogP contribution in [0.25, 0.3) is 10.8 Å². The Morgan fingerprint density at radius 3 is 2.38 bits per heavy atom.